The van der Waals surface area contributed by atoms with Crippen molar-refractivity contribution in [2.45, 2.75) is 64.5 Å². The first-order valence-corrected chi connectivity index (χ1v) is 10.1. The van der Waals surface area contributed by atoms with Crippen molar-refractivity contribution in [3.63, 3.8) is 0 Å². The van der Waals surface area contributed by atoms with E-state index in [0.717, 1.165) is 25.7 Å². The van der Waals surface area contributed by atoms with Crippen molar-refractivity contribution in [2.75, 3.05) is 5.32 Å². The Morgan fingerprint density at radius 3 is 2.39 bits per heavy atom. The molecule has 4 nitrogen and oxygen atoms in total. The third-order valence-corrected chi connectivity index (χ3v) is 6.45. The minimum absolute atomic E-state index is 0.116. The highest BCUT2D eigenvalue weighted by atomic mass is 19.4. The molecule has 1 amide bonds. The molecule has 1 heterocycles. The van der Waals surface area contributed by atoms with E-state index in [9.17, 15) is 22.8 Å². The van der Waals surface area contributed by atoms with Crippen LogP contribution in [0.4, 0.5) is 18.9 Å². The number of pyridine rings is 1. The van der Waals surface area contributed by atoms with Crippen LogP contribution in [0.15, 0.2) is 18.5 Å². The molecule has 0 radical (unpaired) electrons. The van der Waals surface area contributed by atoms with Gasteiger partial charge in [-0.3, -0.25) is 14.6 Å². The van der Waals surface area contributed by atoms with E-state index in [4.69, 9.17) is 0 Å². The smallest absolute Gasteiger partial charge is 0.325 e. The summed E-state index contributed by atoms with van der Waals surface area (Å²) in [7, 11) is 0. The first kappa shape index (κ1) is 20.8. The molecule has 7 heteroatoms. The molecule has 1 aromatic rings. The van der Waals surface area contributed by atoms with Gasteiger partial charge in [0.2, 0.25) is 5.91 Å². The lowest BCUT2D eigenvalue weighted by Crippen LogP contribution is -2.38. The maximum Gasteiger partial charge on any atom is 0.391 e. The Bertz CT molecular complexity index is 712. The van der Waals surface area contributed by atoms with Crippen LogP contribution in [0.2, 0.25) is 0 Å². The number of nitrogens with zero attached hydrogens (tertiary/aromatic N) is 1. The summed E-state index contributed by atoms with van der Waals surface area (Å²) < 4.78 is 38.9. The summed E-state index contributed by atoms with van der Waals surface area (Å²) in [5.74, 6) is -1.43. The van der Waals surface area contributed by atoms with Gasteiger partial charge in [0.1, 0.15) is 0 Å². The number of carbonyl (C=O) groups is 2. The van der Waals surface area contributed by atoms with Gasteiger partial charge in [-0.25, -0.2) is 0 Å². The molecule has 1 aromatic heterocycles. The summed E-state index contributed by atoms with van der Waals surface area (Å²) in [5.41, 5.74) is 0.825. The Balaban J connectivity index is 1.68. The summed E-state index contributed by atoms with van der Waals surface area (Å²) >= 11 is 0. The van der Waals surface area contributed by atoms with Crippen LogP contribution in [0.5, 0.6) is 0 Å². The van der Waals surface area contributed by atoms with E-state index in [0.29, 0.717) is 24.1 Å². The molecule has 3 rings (SSSR count). The molecule has 154 valence electrons. The molecular weight excluding hydrogens is 369 g/mol. The minimum Gasteiger partial charge on any atom is -0.325 e. The third kappa shape index (κ3) is 4.73. The van der Waals surface area contributed by atoms with Gasteiger partial charge in [0, 0.05) is 18.3 Å². The van der Waals surface area contributed by atoms with E-state index in [1.807, 2.05) is 0 Å². The Labute approximate surface area is 163 Å². The standard InChI is InChI=1S/C21H27F3N2O2/c1-13(27)18-12-25-11-10-19(18)26-20(28)17-5-3-2-4-16(17)14-6-8-15(9-7-14)21(22,23)24/h10-12,14-17H,2-9H2,1H3,(H,25,26,28)/t14?,15?,16-,17+/m0/s1. The van der Waals surface area contributed by atoms with Crippen LogP contribution in [0.3, 0.4) is 0 Å². The number of rotatable bonds is 4. The number of carbonyl (C=O) groups excluding carboxylic acids is 2. The second-order valence-corrected chi connectivity index (χ2v) is 8.17. The van der Waals surface area contributed by atoms with Crippen LogP contribution >= 0.6 is 0 Å². The van der Waals surface area contributed by atoms with E-state index in [-0.39, 0.29) is 42.3 Å². The number of nitrogens with one attached hydrogen (secondary N) is 1. The molecule has 0 unspecified atom stereocenters. The molecule has 0 bridgehead atoms. The number of aromatic nitrogens is 1. The highest BCUT2D eigenvalue weighted by Gasteiger charge is 2.44. The number of Topliss-reactive ketones (excluding diaryl/α,β-unsaturated/α-hetero) is 1. The highest BCUT2D eigenvalue weighted by molar-refractivity contribution is 6.03. The minimum atomic E-state index is -4.11. The molecule has 0 saturated heterocycles. The van der Waals surface area contributed by atoms with Gasteiger partial charge in [0.25, 0.3) is 0 Å². The van der Waals surface area contributed by atoms with E-state index in [1.165, 1.54) is 19.3 Å². The van der Waals surface area contributed by atoms with Crippen LogP contribution in [0.1, 0.15) is 68.6 Å². The van der Waals surface area contributed by atoms with Crippen molar-refractivity contribution in [3.8, 4) is 0 Å². The number of amides is 1. The average molecular weight is 396 g/mol. The lowest BCUT2D eigenvalue weighted by Gasteiger charge is -2.40. The normalized spacial score (nSPS) is 28.6. The molecule has 2 fully saturated rings. The topological polar surface area (TPSA) is 59.1 Å². The van der Waals surface area contributed by atoms with E-state index >= 15 is 0 Å². The number of halogens is 3. The molecular formula is C21H27F3N2O2. The summed E-state index contributed by atoms with van der Waals surface area (Å²) in [5, 5.41) is 2.88. The first-order valence-electron chi connectivity index (χ1n) is 10.1. The summed E-state index contributed by atoms with van der Waals surface area (Å²) in [6, 6.07) is 1.61. The Kier molecular flexibility index (Phi) is 6.40. The monoisotopic (exact) mass is 396 g/mol. The summed E-state index contributed by atoms with van der Waals surface area (Å²) in [6.07, 6.45) is 3.84. The van der Waals surface area contributed by atoms with Crippen LogP contribution in [-0.4, -0.2) is 22.9 Å². The predicted molar refractivity (Wildman–Crippen MR) is 99.8 cm³/mol. The van der Waals surface area contributed by atoms with Crippen LogP contribution in [0.25, 0.3) is 0 Å². The van der Waals surface area contributed by atoms with Gasteiger partial charge in [-0.15, -0.1) is 0 Å². The first-order chi connectivity index (χ1) is 13.3. The molecule has 28 heavy (non-hydrogen) atoms. The summed E-state index contributed by atoms with van der Waals surface area (Å²) in [6.45, 7) is 1.43. The lowest BCUT2D eigenvalue weighted by molar-refractivity contribution is -0.185. The zero-order chi connectivity index (χ0) is 20.3. The van der Waals surface area contributed by atoms with Gasteiger partial charge in [-0.2, -0.15) is 13.2 Å². The van der Waals surface area contributed by atoms with Gasteiger partial charge in [0.15, 0.2) is 5.78 Å². The van der Waals surface area contributed by atoms with Gasteiger partial charge < -0.3 is 5.32 Å². The fourth-order valence-corrected chi connectivity index (χ4v) is 4.93. The quantitative estimate of drug-likeness (QED) is 0.694. The van der Waals surface area contributed by atoms with Gasteiger partial charge >= 0.3 is 6.18 Å². The molecule has 0 aliphatic heterocycles. The summed E-state index contributed by atoms with van der Waals surface area (Å²) in [4.78, 5) is 28.7. The van der Waals surface area contributed by atoms with Crippen molar-refractivity contribution in [3.05, 3.63) is 24.0 Å². The molecule has 0 spiro atoms. The molecule has 0 aromatic carbocycles. The number of anilines is 1. The van der Waals surface area contributed by atoms with E-state index in [1.54, 1.807) is 6.07 Å². The van der Waals surface area contributed by atoms with Crippen molar-refractivity contribution >= 4 is 17.4 Å². The largest absolute Gasteiger partial charge is 0.391 e. The number of hydrogen-bond acceptors (Lipinski definition) is 3. The maximum absolute atomic E-state index is 13.0. The van der Waals surface area contributed by atoms with E-state index < -0.39 is 12.1 Å². The van der Waals surface area contributed by atoms with Crippen LogP contribution < -0.4 is 5.32 Å². The fourth-order valence-electron chi connectivity index (χ4n) is 4.93. The lowest BCUT2D eigenvalue weighted by atomic mass is 9.66. The zero-order valence-corrected chi connectivity index (χ0v) is 16.1. The molecule has 2 aliphatic rings. The van der Waals surface area contributed by atoms with Crippen molar-refractivity contribution in [1.82, 2.24) is 4.98 Å². The molecule has 1 N–H and O–H groups in total. The number of alkyl halides is 3. The van der Waals surface area contributed by atoms with Gasteiger partial charge in [0.05, 0.1) is 17.2 Å². The highest BCUT2D eigenvalue weighted by Crippen LogP contribution is 2.46. The molecule has 2 atom stereocenters. The predicted octanol–water partition coefficient (Wildman–Crippen LogP) is 5.40. The van der Waals surface area contributed by atoms with E-state index in [2.05, 4.69) is 10.3 Å². The van der Waals surface area contributed by atoms with Crippen LogP contribution in [0, 0.1) is 23.7 Å². The van der Waals surface area contributed by atoms with Crippen molar-refractivity contribution in [1.29, 1.82) is 0 Å². The third-order valence-electron chi connectivity index (χ3n) is 6.45. The second-order valence-electron chi connectivity index (χ2n) is 8.17. The zero-order valence-electron chi connectivity index (χ0n) is 16.1. The fraction of sp³-hybridized carbons (Fsp3) is 0.667. The SMILES string of the molecule is CC(=O)c1cnccc1NC(=O)[C@@H]1CCCC[C@H]1C1CCC(C(F)(F)F)CC1. The maximum atomic E-state index is 13.0. The Hall–Kier alpha value is -1.92. The molecule has 2 aliphatic carbocycles. The van der Waals surface area contributed by atoms with Gasteiger partial charge in [-0.05, 0) is 63.4 Å². The van der Waals surface area contributed by atoms with Crippen molar-refractivity contribution < 1.29 is 22.8 Å². The molecule has 2 saturated carbocycles. The Morgan fingerprint density at radius 1 is 1.07 bits per heavy atom. The second kappa shape index (κ2) is 8.62. The number of ketones is 1. The average Bonchev–Trinajstić information content (AvgIpc) is 2.67. The number of hydrogen-bond donors (Lipinski definition) is 1. The van der Waals surface area contributed by atoms with Crippen molar-refractivity contribution in [2.24, 2.45) is 23.7 Å². The Morgan fingerprint density at radius 2 is 1.75 bits per heavy atom. The van der Waals surface area contributed by atoms with Crippen LogP contribution in [-0.2, 0) is 4.79 Å². The van der Waals surface area contributed by atoms with Gasteiger partial charge in [-0.1, -0.05) is 12.8 Å².